The summed E-state index contributed by atoms with van der Waals surface area (Å²) in [6.45, 7) is 12.0. The quantitative estimate of drug-likeness (QED) is 0.223. The maximum atomic E-state index is 6.29. The highest BCUT2D eigenvalue weighted by molar-refractivity contribution is 14.0. The minimum atomic E-state index is 0. The van der Waals surface area contributed by atoms with Gasteiger partial charge in [0, 0.05) is 49.8 Å². The van der Waals surface area contributed by atoms with E-state index in [9.17, 15) is 0 Å². The molecule has 2 fully saturated rings. The molecule has 2 aliphatic rings. The number of likely N-dealkylation sites (tertiary alicyclic amines) is 2. The van der Waals surface area contributed by atoms with Crippen LogP contribution in [0.4, 0.5) is 0 Å². The van der Waals surface area contributed by atoms with Gasteiger partial charge >= 0.3 is 0 Å². The topological polar surface area (TPSA) is 42.9 Å². The Labute approximate surface area is 210 Å². The zero-order valence-electron chi connectivity index (χ0n) is 19.0. The van der Waals surface area contributed by atoms with E-state index in [1.54, 1.807) is 0 Å². The van der Waals surface area contributed by atoms with E-state index < -0.39 is 0 Å². The summed E-state index contributed by atoms with van der Waals surface area (Å²) < 4.78 is 0. The Balaban J connectivity index is 0.00000341. The molecule has 2 atom stereocenters. The predicted molar refractivity (Wildman–Crippen MR) is 144 cm³/mol. The third-order valence-electron chi connectivity index (χ3n) is 6.34. The number of piperidine rings is 2. The van der Waals surface area contributed by atoms with Gasteiger partial charge in [0.25, 0.3) is 0 Å². The number of hydrogen-bond acceptors (Lipinski definition) is 3. The second kappa shape index (κ2) is 13.7. The summed E-state index contributed by atoms with van der Waals surface area (Å²) in [5.41, 5.74) is 1.30. The van der Waals surface area contributed by atoms with E-state index >= 15 is 0 Å². The molecule has 0 spiro atoms. The summed E-state index contributed by atoms with van der Waals surface area (Å²) in [6, 6.07) is 9.19. The van der Waals surface area contributed by atoms with Crippen LogP contribution in [0.3, 0.4) is 0 Å². The lowest BCUT2D eigenvalue weighted by Crippen LogP contribution is -2.49. The molecule has 174 valence electrons. The first-order valence-electron chi connectivity index (χ1n) is 11.4. The molecule has 31 heavy (non-hydrogen) atoms. The van der Waals surface area contributed by atoms with Crippen LogP contribution in [0.25, 0.3) is 0 Å². The van der Waals surface area contributed by atoms with Gasteiger partial charge in [0.05, 0.1) is 0 Å². The highest BCUT2D eigenvalue weighted by Gasteiger charge is 2.30. The van der Waals surface area contributed by atoms with Gasteiger partial charge in [0.15, 0.2) is 5.96 Å². The summed E-state index contributed by atoms with van der Waals surface area (Å²) in [5.74, 6) is 1.45. The van der Waals surface area contributed by atoms with Crippen molar-refractivity contribution in [1.29, 1.82) is 0 Å². The molecule has 1 aromatic carbocycles. The van der Waals surface area contributed by atoms with Crippen molar-refractivity contribution in [3.63, 3.8) is 0 Å². The van der Waals surface area contributed by atoms with Gasteiger partial charge in [-0.05, 0) is 69.8 Å². The van der Waals surface area contributed by atoms with Gasteiger partial charge < -0.3 is 10.6 Å². The first-order valence-corrected chi connectivity index (χ1v) is 11.8. The van der Waals surface area contributed by atoms with Gasteiger partial charge in [0.2, 0.25) is 0 Å². The normalized spacial score (nSPS) is 23.8. The number of nitrogens with zero attached hydrogens (tertiary/aromatic N) is 3. The lowest BCUT2D eigenvalue weighted by molar-refractivity contribution is 0.125. The zero-order valence-corrected chi connectivity index (χ0v) is 22.1. The maximum absolute atomic E-state index is 6.29. The SMILES string of the molecule is C=CCN1CCC(NC(=NCC2CCCN(C)C2c2cccc(Cl)c2)NCC)CC1.I. The van der Waals surface area contributed by atoms with E-state index in [1.165, 1.54) is 18.4 Å². The molecule has 2 unspecified atom stereocenters. The van der Waals surface area contributed by atoms with Gasteiger partial charge in [-0.1, -0.05) is 29.8 Å². The molecule has 5 nitrogen and oxygen atoms in total. The number of rotatable bonds is 7. The van der Waals surface area contributed by atoms with Crippen molar-refractivity contribution in [1.82, 2.24) is 20.4 Å². The van der Waals surface area contributed by atoms with Gasteiger partial charge in [0.1, 0.15) is 0 Å². The number of guanidine groups is 1. The zero-order chi connectivity index (χ0) is 21.3. The van der Waals surface area contributed by atoms with Gasteiger partial charge in [-0.3, -0.25) is 14.8 Å². The summed E-state index contributed by atoms with van der Waals surface area (Å²) in [6.07, 6.45) is 6.71. The van der Waals surface area contributed by atoms with Crippen LogP contribution < -0.4 is 10.6 Å². The van der Waals surface area contributed by atoms with Crippen LogP contribution in [0, 0.1) is 5.92 Å². The number of hydrogen-bond donors (Lipinski definition) is 2. The smallest absolute Gasteiger partial charge is 0.191 e. The van der Waals surface area contributed by atoms with Crippen molar-refractivity contribution in [3.8, 4) is 0 Å². The van der Waals surface area contributed by atoms with Crippen LogP contribution in [0.15, 0.2) is 41.9 Å². The third-order valence-corrected chi connectivity index (χ3v) is 6.58. The molecule has 2 aliphatic heterocycles. The molecular formula is C24H39ClIN5. The lowest BCUT2D eigenvalue weighted by Gasteiger charge is -2.39. The molecule has 0 radical (unpaired) electrons. The Morgan fingerprint density at radius 1 is 1.26 bits per heavy atom. The number of halogens is 2. The van der Waals surface area contributed by atoms with Gasteiger partial charge in [-0.15, -0.1) is 30.6 Å². The van der Waals surface area contributed by atoms with Crippen molar-refractivity contribution in [2.45, 2.75) is 44.7 Å². The van der Waals surface area contributed by atoms with Crippen LogP contribution in [-0.4, -0.2) is 68.1 Å². The van der Waals surface area contributed by atoms with Crippen LogP contribution in [0.2, 0.25) is 5.02 Å². The van der Waals surface area contributed by atoms with Crippen LogP contribution in [0.5, 0.6) is 0 Å². The summed E-state index contributed by atoms with van der Waals surface area (Å²) >= 11 is 6.29. The second-order valence-electron chi connectivity index (χ2n) is 8.61. The molecule has 7 heteroatoms. The molecule has 1 aromatic rings. The lowest BCUT2D eigenvalue weighted by atomic mass is 9.85. The Morgan fingerprint density at radius 3 is 2.71 bits per heavy atom. The first kappa shape index (κ1) is 26.4. The highest BCUT2D eigenvalue weighted by atomic mass is 127. The van der Waals surface area contributed by atoms with Crippen molar-refractivity contribution in [2.75, 3.05) is 46.3 Å². The maximum Gasteiger partial charge on any atom is 0.191 e. The third kappa shape index (κ3) is 7.91. The van der Waals surface area contributed by atoms with Crippen LogP contribution in [-0.2, 0) is 0 Å². The first-order chi connectivity index (χ1) is 14.6. The van der Waals surface area contributed by atoms with Crippen molar-refractivity contribution < 1.29 is 0 Å². The van der Waals surface area contributed by atoms with E-state index in [-0.39, 0.29) is 24.0 Å². The highest BCUT2D eigenvalue weighted by Crippen LogP contribution is 2.36. The Bertz CT molecular complexity index is 705. The monoisotopic (exact) mass is 559 g/mol. The molecule has 0 bridgehead atoms. The Hall–Kier alpha value is -0.830. The standard InChI is InChI=1S/C24H38ClN5.HI/c1-4-13-30-15-11-22(12-16-30)28-24(26-5-2)27-18-20-9-7-14-29(3)23(20)19-8-6-10-21(25)17-19;/h4,6,8,10,17,20,22-23H,1,5,7,9,11-16,18H2,2-3H3,(H2,26,27,28);1H. The average molecular weight is 560 g/mol. The van der Waals surface area contributed by atoms with Crippen molar-refractivity contribution in [2.24, 2.45) is 10.9 Å². The van der Waals surface area contributed by atoms with E-state index in [4.69, 9.17) is 16.6 Å². The van der Waals surface area contributed by atoms with Crippen molar-refractivity contribution >= 4 is 41.5 Å². The molecule has 2 saturated heterocycles. The number of nitrogens with one attached hydrogen (secondary N) is 2. The summed E-state index contributed by atoms with van der Waals surface area (Å²) in [5, 5.41) is 7.95. The fourth-order valence-electron chi connectivity index (χ4n) is 4.83. The van der Waals surface area contributed by atoms with Crippen LogP contribution >= 0.6 is 35.6 Å². The Kier molecular flexibility index (Phi) is 11.6. The minimum absolute atomic E-state index is 0. The molecule has 0 aliphatic carbocycles. The van der Waals surface area contributed by atoms with E-state index in [1.807, 2.05) is 12.1 Å². The van der Waals surface area contributed by atoms with Gasteiger partial charge in [-0.25, -0.2) is 0 Å². The largest absolute Gasteiger partial charge is 0.357 e. The molecule has 0 aromatic heterocycles. The molecular weight excluding hydrogens is 521 g/mol. The van der Waals surface area contributed by atoms with E-state index in [0.29, 0.717) is 18.0 Å². The fourth-order valence-corrected chi connectivity index (χ4v) is 5.03. The predicted octanol–water partition coefficient (Wildman–Crippen LogP) is 4.55. The number of aliphatic imine (C=N–C) groups is 1. The Morgan fingerprint density at radius 2 is 2.03 bits per heavy atom. The molecule has 3 rings (SSSR count). The minimum Gasteiger partial charge on any atom is -0.357 e. The molecule has 2 N–H and O–H groups in total. The second-order valence-corrected chi connectivity index (χ2v) is 9.05. The van der Waals surface area contributed by atoms with Crippen molar-refractivity contribution in [3.05, 3.63) is 47.5 Å². The van der Waals surface area contributed by atoms with E-state index in [0.717, 1.165) is 63.1 Å². The molecule has 0 amide bonds. The van der Waals surface area contributed by atoms with Crippen LogP contribution in [0.1, 0.15) is 44.2 Å². The van der Waals surface area contributed by atoms with Gasteiger partial charge in [-0.2, -0.15) is 0 Å². The molecule has 0 saturated carbocycles. The number of benzene rings is 1. The summed E-state index contributed by atoms with van der Waals surface area (Å²) in [7, 11) is 2.22. The van der Waals surface area contributed by atoms with E-state index in [2.05, 4.69) is 59.2 Å². The average Bonchev–Trinajstić information content (AvgIpc) is 2.74. The molecule has 2 heterocycles. The fraction of sp³-hybridized carbons (Fsp3) is 0.625. The summed E-state index contributed by atoms with van der Waals surface area (Å²) in [4.78, 5) is 9.95.